The van der Waals surface area contributed by atoms with Crippen LogP contribution in [0.3, 0.4) is 0 Å². The number of nitrogens with zero attached hydrogens (tertiary/aromatic N) is 1. The van der Waals surface area contributed by atoms with Gasteiger partial charge in [-0.1, -0.05) is 36.7 Å². The Morgan fingerprint density at radius 2 is 2.06 bits per heavy atom. The predicted octanol–water partition coefficient (Wildman–Crippen LogP) is 2.73. The second kappa shape index (κ2) is 8.48. The fourth-order valence-corrected chi connectivity index (χ4v) is 2.07. The molecular weight excluding hydrogens is 250 g/mol. The highest BCUT2D eigenvalue weighted by Crippen LogP contribution is 2.23. The number of aliphatic hydroxyl groups is 1. The number of halogens is 1. The molecule has 1 aromatic carbocycles. The maximum Gasteiger partial charge on any atom is 0.0931 e. The van der Waals surface area contributed by atoms with Gasteiger partial charge in [0, 0.05) is 30.3 Å². The maximum atomic E-state index is 10.2. The van der Waals surface area contributed by atoms with Crippen LogP contribution >= 0.6 is 11.6 Å². The van der Waals surface area contributed by atoms with E-state index in [4.69, 9.17) is 16.3 Å². The van der Waals surface area contributed by atoms with Gasteiger partial charge in [-0.2, -0.15) is 0 Å². The number of rotatable bonds is 8. The third kappa shape index (κ3) is 4.94. The highest BCUT2D eigenvalue weighted by Gasteiger charge is 2.14. The van der Waals surface area contributed by atoms with Crippen molar-refractivity contribution in [2.24, 2.45) is 0 Å². The van der Waals surface area contributed by atoms with E-state index in [2.05, 4.69) is 11.8 Å². The van der Waals surface area contributed by atoms with Crippen LogP contribution in [0.2, 0.25) is 5.02 Å². The highest BCUT2D eigenvalue weighted by atomic mass is 35.5. The number of hydrogen-bond acceptors (Lipinski definition) is 3. The van der Waals surface area contributed by atoms with Gasteiger partial charge in [-0.05, 0) is 19.5 Å². The van der Waals surface area contributed by atoms with E-state index in [0.717, 1.165) is 25.3 Å². The summed E-state index contributed by atoms with van der Waals surface area (Å²) in [6.45, 7) is 7.76. The van der Waals surface area contributed by atoms with Crippen LogP contribution in [0.15, 0.2) is 24.3 Å². The van der Waals surface area contributed by atoms with E-state index in [1.165, 1.54) is 0 Å². The Bertz CT molecular complexity index is 346. The molecule has 3 nitrogen and oxygen atoms in total. The standard InChI is InChI=1S/C14H22ClNO2/c1-3-16(9-10-18-4-2)11-14(17)12-7-5-6-8-13(12)15/h5-8,14,17H,3-4,9-11H2,1-2H3. The van der Waals surface area contributed by atoms with E-state index in [1.807, 2.05) is 25.1 Å². The zero-order chi connectivity index (χ0) is 13.4. The van der Waals surface area contributed by atoms with Gasteiger partial charge in [0.05, 0.1) is 12.7 Å². The summed E-state index contributed by atoms with van der Waals surface area (Å²) in [6, 6.07) is 7.42. The Hall–Kier alpha value is -0.610. The lowest BCUT2D eigenvalue weighted by molar-refractivity contribution is 0.0792. The summed E-state index contributed by atoms with van der Waals surface area (Å²) in [5.74, 6) is 0. The molecule has 1 rings (SSSR count). The Labute approximate surface area is 114 Å². The molecule has 0 aliphatic carbocycles. The topological polar surface area (TPSA) is 32.7 Å². The van der Waals surface area contributed by atoms with Gasteiger partial charge in [0.15, 0.2) is 0 Å². The van der Waals surface area contributed by atoms with Gasteiger partial charge < -0.3 is 9.84 Å². The van der Waals surface area contributed by atoms with Crippen molar-refractivity contribution in [2.75, 3.05) is 32.8 Å². The van der Waals surface area contributed by atoms with Crippen molar-refractivity contribution in [3.63, 3.8) is 0 Å². The Balaban J connectivity index is 2.51. The Kier molecular flexibility index (Phi) is 7.28. The van der Waals surface area contributed by atoms with Gasteiger partial charge >= 0.3 is 0 Å². The molecule has 0 aliphatic rings. The van der Waals surface area contributed by atoms with Crippen LogP contribution < -0.4 is 0 Å². The summed E-state index contributed by atoms with van der Waals surface area (Å²) < 4.78 is 5.33. The number of likely N-dealkylation sites (N-methyl/N-ethyl adjacent to an activating group) is 1. The second-order valence-corrected chi connectivity index (χ2v) is 4.53. The Morgan fingerprint density at radius 1 is 1.33 bits per heavy atom. The summed E-state index contributed by atoms with van der Waals surface area (Å²) in [7, 11) is 0. The molecule has 0 aliphatic heterocycles. The number of hydrogen-bond donors (Lipinski definition) is 1. The van der Waals surface area contributed by atoms with Gasteiger partial charge in [0.2, 0.25) is 0 Å². The van der Waals surface area contributed by atoms with E-state index in [0.29, 0.717) is 18.2 Å². The summed E-state index contributed by atoms with van der Waals surface area (Å²) in [5.41, 5.74) is 0.786. The third-order valence-corrected chi connectivity index (χ3v) is 3.24. The SMILES string of the molecule is CCOCCN(CC)CC(O)c1ccccc1Cl. The van der Waals surface area contributed by atoms with E-state index in [9.17, 15) is 5.11 Å². The smallest absolute Gasteiger partial charge is 0.0931 e. The maximum absolute atomic E-state index is 10.2. The number of aliphatic hydroxyl groups excluding tert-OH is 1. The van der Waals surface area contributed by atoms with Crippen LogP contribution in [0.25, 0.3) is 0 Å². The third-order valence-electron chi connectivity index (χ3n) is 2.90. The molecule has 0 radical (unpaired) electrons. The van der Waals surface area contributed by atoms with Crippen LogP contribution in [0.1, 0.15) is 25.5 Å². The fraction of sp³-hybridized carbons (Fsp3) is 0.571. The van der Waals surface area contributed by atoms with Crippen molar-refractivity contribution in [3.8, 4) is 0 Å². The second-order valence-electron chi connectivity index (χ2n) is 4.13. The first-order valence-electron chi connectivity index (χ1n) is 6.41. The quantitative estimate of drug-likeness (QED) is 0.738. The van der Waals surface area contributed by atoms with Crippen LogP contribution in [0.4, 0.5) is 0 Å². The molecule has 0 amide bonds. The normalized spacial score (nSPS) is 12.9. The zero-order valence-corrected chi connectivity index (χ0v) is 11.9. The molecule has 1 N–H and O–H groups in total. The van der Waals surface area contributed by atoms with Crippen LogP contribution in [0, 0.1) is 0 Å². The van der Waals surface area contributed by atoms with Gasteiger partial charge in [0.1, 0.15) is 0 Å². The fourth-order valence-electron chi connectivity index (χ4n) is 1.80. The number of benzene rings is 1. The molecule has 0 saturated carbocycles. The van der Waals surface area contributed by atoms with Gasteiger partial charge in [0.25, 0.3) is 0 Å². The molecule has 0 saturated heterocycles. The molecular formula is C14H22ClNO2. The molecule has 102 valence electrons. The molecule has 0 aromatic heterocycles. The lowest BCUT2D eigenvalue weighted by Gasteiger charge is -2.24. The average Bonchev–Trinajstić information content (AvgIpc) is 2.38. The number of ether oxygens (including phenoxy) is 1. The molecule has 0 heterocycles. The van der Waals surface area contributed by atoms with Crippen molar-refractivity contribution >= 4 is 11.6 Å². The zero-order valence-electron chi connectivity index (χ0n) is 11.1. The molecule has 18 heavy (non-hydrogen) atoms. The van der Waals surface area contributed by atoms with E-state index in [1.54, 1.807) is 6.07 Å². The monoisotopic (exact) mass is 271 g/mol. The van der Waals surface area contributed by atoms with Crippen molar-refractivity contribution in [3.05, 3.63) is 34.9 Å². The summed E-state index contributed by atoms with van der Waals surface area (Å²) in [5, 5.41) is 10.8. The first kappa shape index (κ1) is 15.4. The minimum atomic E-state index is -0.555. The summed E-state index contributed by atoms with van der Waals surface area (Å²) in [4.78, 5) is 2.16. The average molecular weight is 272 g/mol. The minimum Gasteiger partial charge on any atom is -0.387 e. The van der Waals surface area contributed by atoms with Crippen molar-refractivity contribution < 1.29 is 9.84 Å². The van der Waals surface area contributed by atoms with Gasteiger partial charge in [-0.15, -0.1) is 0 Å². The van der Waals surface area contributed by atoms with Crippen LogP contribution in [0.5, 0.6) is 0 Å². The first-order valence-corrected chi connectivity index (χ1v) is 6.79. The molecule has 0 fully saturated rings. The van der Waals surface area contributed by atoms with E-state index in [-0.39, 0.29) is 0 Å². The lowest BCUT2D eigenvalue weighted by atomic mass is 10.1. The van der Waals surface area contributed by atoms with Gasteiger partial charge in [-0.3, -0.25) is 4.90 Å². The Morgan fingerprint density at radius 3 is 2.67 bits per heavy atom. The largest absolute Gasteiger partial charge is 0.387 e. The molecule has 0 spiro atoms. The molecule has 0 bridgehead atoms. The molecule has 1 aromatic rings. The molecule has 1 atom stereocenters. The lowest BCUT2D eigenvalue weighted by Crippen LogP contribution is -2.31. The minimum absolute atomic E-state index is 0.555. The summed E-state index contributed by atoms with van der Waals surface area (Å²) in [6.07, 6.45) is -0.555. The van der Waals surface area contributed by atoms with Crippen molar-refractivity contribution in [1.29, 1.82) is 0 Å². The molecule has 4 heteroatoms. The summed E-state index contributed by atoms with van der Waals surface area (Å²) >= 11 is 6.07. The van der Waals surface area contributed by atoms with Crippen LogP contribution in [-0.2, 0) is 4.74 Å². The van der Waals surface area contributed by atoms with Gasteiger partial charge in [-0.25, -0.2) is 0 Å². The highest BCUT2D eigenvalue weighted by molar-refractivity contribution is 6.31. The molecule has 1 unspecified atom stereocenters. The predicted molar refractivity (Wildman–Crippen MR) is 75.0 cm³/mol. The van der Waals surface area contributed by atoms with Crippen LogP contribution in [-0.4, -0.2) is 42.9 Å². The van der Waals surface area contributed by atoms with Crippen molar-refractivity contribution in [2.45, 2.75) is 20.0 Å². The van der Waals surface area contributed by atoms with Crippen molar-refractivity contribution in [1.82, 2.24) is 4.90 Å². The van der Waals surface area contributed by atoms with E-state index < -0.39 is 6.10 Å². The van der Waals surface area contributed by atoms with E-state index >= 15 is 0 Å². The first-order chi connectivity index (χ1) is 8.69.